The van der Waals surface area contributed by atoms with Crippen molar-refractivity contribution in [2.45, 2.75) is 13.5 Å². The first-order chi connectivity index (χ1) is 5.33. The molecule has 0 aromatic heterocycles. The van der Waals surface area contributed by atoms with Gasteiger partial charge in [-0.15, -0.1) is 0 Å². The van der Waals surface area contributed by atoms with Gasteiger partial charge in [0.15, 0.2) is 0 Å². The maximum atomic E-state index is 8.47. The molecule has 0 aliphatic rings. The number of aliphatic hydroxyl groups is 1. The zero-order valence-corrected chi connectivity index (χ0v) is 6.67. The molecular weight excluding hydrogens is 138 g/mol. The van der Waals surface area contributed by atoms with Crippen LogP contribution in [0.25, 0.3) is 0 Å². The van der Waals surface area contributed by atoms with E-state index in [-0.39, 0.29) is 6.73 Å². The SMILES string of the molecule is Cc1ccc(CNCO)cc1. The Labute approximate surface area is 66.9 Å². The lowest BCUT2D eigenvalue weighted by atomic mass is 10.1. The van der Waals surface area contributed by atoms with Gasteiger partial charge in [0.05, 0.1) is 6.73 Å². The molecule has 1 rings (SSSR count). The number of rotatable bonds is 3. The van der Waals surface area contributed by atoms with Crippen molar-refractivity contribution in [3.63, 3.8) is 0 Å². The Morgan fingerprint density at radius 2 is 1.91 bits per heavy atom. The molecule has 0 bridgehead atoms. The van der Waals surface area contributed by atoms with Crippen LogP contribution < -0.4 is 5.32 Å². The first-order valence-electron chi connectivity index (χ1n) is 3.70. The van der Waals surface area contributed by atoms with Crippen LogP contribution in [0, 0.1) is 6.92 Å². The highest BCUT2D eigenvalue weighted by atomic mass is 16.3. The van der Waals surface area contributed by atoms with Crippen molar-refractivity contribution in [3.05, 3.63) is 35.4 Å². The number of nitrogens with one attached hydrogen (secondary N) is 1. The van der Waals surface area contributed by atoms with Crippen LogP contribution in [0.15, 0.2) is 24.3 Å². The highest BCUT2D eigenvalue weighted by Gasteiger charge is 1.89. The number of hydrogen-bond donors (Lipinski definition) is 2. The van der Waals surface area contributed by atoms with Crippen molar-refractivity contribution < 1.29 is 5.11 Å². The Balaban J connectivity index is 2.52. The standard InChI is InChI=1S/C9H13NO/c1-8-2-4-9(5-3-8)6-10-7-11/h2-5,10-11H,6-7H2,1H3. The molecule has 1 aromatic rings. The van der Waals surface area contributed by atoms with E-state index in [1.807, 2.05) is 0 Å². The summed E-state index contributed by atoms with van der Waals surface area (Å²) in [6.07, 6.45) is 0. The van der Waals surface area contributed by atoms with E-state index in [4.69, 9.17) is 5.11 Å². The van der Waals surface area contributed by atoms with Gasteiger partial charge in [0.25, 0.3) is 0 Å². The molecule has 11 heavy (non-hydrogen) atoms. The molecule has 0 heterocycles. The van der Waals surface area contributed by atoms with Crippen molar-refractivity contribution in [3.8, 4) is 0 Å². The third-order valence-corrected chi connectivity index (χ3v) is 1.56. The second-order valence-corrected chi connectivity index (χ2v) is 2.57. The third kappa shape index (κ3) is 2.70. The van der Waals surface area contributed by atoms with E-state index in [0.717, 1.165) is 6.54 Å². The quantitative estimate of drug-likeness (QED) is 0.632. The summed E-state index contributed by atoms with van der Waals surface area (Å²) in [4.78, 5) is 0. The van der Waals surface area contributed by atoms with E-state index in [0.29, 0.717) is 0 Å². The number of aliphatic hydroxyl groups excluding tert-OH is 1. The van der Waals surface area contributed by atoms with Crippen molar-refractivity contribution in [2.75, 3.05) is 6.73 Å². The number of hydrogen-bond acceptors (Lipinski definition) is 2. The minimum Gasteiger partial charge on any atom is -0.381 e. The van der Waals surface area contributed by atoms with E-state index in [2.05, 4.69) is 36.5 Å². The summed E-state index contributed by atoms with van der Waals surface area (Å²) in [5.41, 5.74) is 2.46. The highest BCUT2D eigenvalue weighted by molar-refractivity contribution is 5.20. The van der Waals surface area contributed by atoms with Gasteiger partial charge in [-0.2, -0.15) is 0 Å². The first kappa shape index (κ1) is 8.24. The Kier molecular flexibility index (Phi) is 3.08. The van der Waals surface area contributed by atoms with Crippen LogP contribution in [0.5, 0.6) is 0 Å². The van der Waals surface area contributed by atoms with E-state index < -0.39 is 0 Å². The second kappa shape index (κ2) is 4.11. The fraction of sp³-hybridized carbons (Fsp3) is 0.333. The van der Waals surface area contributed by atoms with E-state index >= 15 is 0 Å². The van der Waals surface area contributed by atoms with Gasteiger partial charge in [-0.3, -0.25) is 5.32 Å². The Morgan fingerprint density at radius 1 is 1.27 bits per heavy atom. The summed E-state index contributed by atoms with van der Waals surface area (Å²) in [6, 6.07) is 8.23. The zero-order chi connectivity index (χ0) is 8.10. The first-order valence-corrected chi connectivity index (χ1v) is 3.70. The van der Waals surface area contributed by atoms with Crippen LogP contribution in [0.3, 0.4) is 0 Å². The fourth-order valence-corrected chi connectivity index (χ4v) is 0.906. The van der Waals surface area contributed by atoms with Crippen LogP contribution in [0.1, 0.15) is 11.1 Å². The molecule has 0 fully saturated rings. The van der Waals surface area contributed by atoms with Gasteiger partial charge in [0.1, 0.15) is 0 Å². The van der Waals surface area contributed by atoms with Crippen LogP contribution in [0.2, 0.25) is 0 Å². The maximum absolute atomic E-state index is 8.47. The molecule has 0 saturated carbocycles. The second-order valence-electron chi connectivity index (χ2n) is 2.57. The van der Waals surface area contributed by atoms with Gasteiger partial charge in [0, 0.05) is 6.54 Å². The smallest absolute Gasteiger partial charge is 0.0934 e. The zero-order valence-electron chi connectivity index (χ0n) is 6.67. The molecule has 2 heteroatoms. The van der Waals surface area contributed by atoms with Crippen LogP contribution in [-0.4, -0.2) is 11.8 Å². The lowest BCUT2D eigenvalue weighted by Crippen LogP contribution is -2.13. The summed E-state index contributed by atoms with van der Waals surface area (Å²) in [6.45, 7) is 2.83. The molecule has 0 aliphatic carbocycles. The van der Waals surface area contributed by atoms with E-state index in [9.17, 15) is 0 Å². The van der Waals surface area contributed by atoms with Gasteiger partial charge in [-0.05, 0) is 12.5 Å². The number of aryl methyl sites for hydroxylation is 1. The summed E-state index contributed by atoms with van der Waals surface area (Å²) in [5.74, 6) is 0. The average molecular weight is 151 g/mol. The Hall–Kier alpha value is -0.860. The molecule has 0 spiro atoms. The molecule has 0 aliphatic heterocycles. The molecular formula is C9H13NO. The minimum absolute atomic E-state index is 0.0356. The lowest BCUT2D eigenvalue weighted by Gasteiger charge is -2.00. The predicted octanol–water partition coefficient (Wildman–Crippen LogP) is 1.03. The summed E-state index contributed by atoms with van der Waals surface area (Å²) >= 11 is 0. The molecule has 0 saturated heterocycles. The molecule has 0 atom stereocenters. The maximum Gasteiger partial charge on any atom is 0.0934 e. The largest absolute Gasteiger partial charge is 0.381 e. The van der Waals surface area contributed by atoms with Crippen molar-refractivity contribution in [1.29, 1.82) is 0 Å². The summed E-state index contributed by atoms with van der Waals surface area (Å²) < 4.78 is 0. The molecule has 1 aromatic carbocycles. The monoisotopic (exact) mass is 151 g/mol. The van der Waals surface area contributed by atoms with Crippen molar-refractivity contribution in [1.82, 2.24) is 5.32 Å². The van der Waals surface area contributed by atoms with Gasteiger partial charge in [0.2, 0.25) is 0 Å². The number of benzene rings is 1. The van der Waals surface area contributed by atoms with Gasteiger partial charge in [-0.25, -0.2) is 0 Å². The molecule has 2 N–H and O–H groups in total. The molecule has 2 nitrogen and oxygen atoms in total. The van der Waals surface area contributed by atoms with Gasteiger partial charge in [-0.1, -0.05) is 29.8 Å². The molecule has 0 radical (unpaired) electrons. The lowest BCUT2D eigenvalue weighted by molar-refractivity contribution is 0.259. The Morgan fingerprint density at radius 3 is 2.45 bits per heavy atom. The third-order valence-electron chi connectivity index (χ3n) is 1.56. The van der Waals surface area contributed by atoms with Crippen molar-refractivity contribution in [2.24, 2.45) is 0 Å². The van der Waals surface area contributed by atoms with Gasteiger partial charge >= 0.3 is 0 Å². The topological polar surface area (TPSA) is 32.3 Å². The van der Waals surface area contributed by atoms with Crippen LogP contribution in [0.4, 0.5) is 0 Å². The minimum atomic E-state index is 0.0356. The summed E-state index contributed by atoms with van der Waals surface area (Å²) in [7, 11) is 0. The molecule has 0 amide bonds. The normalized spacial score (nSPS) is 10.0. The molecule has 60 valence electrons. The van der Waals surface area contributed by atoms with Crippen LogP contribution >= 0.6 is 0 Å². The fourth-order valence-electron chi connectivity index (χ4n) is 0.906. The highest BCUT2D eigenvalue weighted by Crippen LogP contribution is 2.01. The van der Waals surface area contributed by atoms with Crippen LogP contribution in [-0.2, 0) is 6.54 Å². The average Bonchev–Trinajstić information content (AvgIpc) is 2.04. The molecule has 0 unspecified atom stereocenters. The van der Waals surface area contributed by atoms with Gasteiger partial charge < -0.3 is 5.11 Å². The summed E-state index contributed by atoms with van der Waals surface area (Å²) in [5, 5.41) is 11.3. The predicted molar refractivity (Wildman–Crippen MR) is 45.1 cm³/mol. The van der Waals surface area contributed by atoms with E-state index in [1.165, 1.54) is 11.1 Å². The van der Waals surface area contributed by atoms with Crippen molar-refractivity contribution >= 4 is 0 Å². The Bertz CT molecular complexity index is 205. The van der Waals surface area contributed by atoms with E-state index in [1.54, 1.807) is 0 Å².